The molecule has 2 bridgehead atoms. The second-order valence-corrected chi connectivity index (χ2v) is 7.52. The molecule has 0 radical (unpaired) electrons. The number of carbonyl (C=O) groups excluding carboxylic acids is 1. The lowest BCUT2D eigenvalue weighted by Crippen LogP contribution is -2.48. The highest BCUT2D eigenvalue weighted by Crippen LogP contribution is 2.57. The first-order chi connectivity index (χ1) is 12.0. The van der Waals surface area contributed by atoms with Gasteiger partial charge in [0.1, 0.15) is 5.72 Å². The Morgan fingerprint density at radius 3 is 2.60 bits per heavy atom. The lowest BCUT2D eigenvalue weighted by atomic mass is 9.80. The summed E-state index contributed by atoms with van der Waals surface area (Å²) < 4.78 is 10.6. The molecule has 134 valence electrons. The largest absolute Gasteiger partial charge is 0.493 e. The van der Waals surface area contributed by atoms with Gasteiger partial charge in [-0.1, -0.05) is 18.2 Å². The molecule has 4 rings (SSSR count). The zero-order valence-corrected chi connectivity index (χ0v) is 14.9. The van der Waals surface area contributed by atoms with Gasteiger partial charge in [0, 0.05) is 12.5 Å². The monoisotopic (exact) mass is 343 g/mol. The van der Waals surface area contributed by atoms with Crippen molar-refractivity contribution in [2.24, 2.45) is 23.7 Å². The van der Waals surface area contributed by atoms with E-state index in [1.54, 1.807) is 26.0 Å². The number of hydrogen-bond donors (Lipinski definition) is 1. The number of amides is 1. The standard InChI is InChI=1S/C20H25NO4/c1-20(23)18-14-6-5-13(11-14)17(18)19(22)21(20)9-8-12-4-7-15(24-2)16(10-12)25-3/h4-7,10,13-14,17-18,23H,8-9,11H2,1-3H3/t13-,14+,17-,18+,20?/m0/s1. The van der Waals surface area contributed by atoms with E-state index in [2.05, 4.69) is 12.2 Å². The van der Waals surface area contributed by atoms with Crippen LogP contribution in [0.1, 0.15) is 18.9 Å². The number of likely N-dealkylation sites (tertiary alicyclic amines) is 1. The van der Waals surface area contributed by atoms with Crippen LogP contribution in [0.25, 0.3) is 0 Å². The second kappa shape index (κ2) is 5.77. The molecule has 1 aromatic rings. The highest BCUT2D eigenvalue weighted by molar-refractivity contribution is 5.84. The van der Waals surface area contributed by atoms with Gasteiger partial charge in [-0.25, -0.2) is 0 Å². The Balaban J connectivity index is 1.51. The van der Waals surface area contributed by atoms with Crippen LogP contribution in [0.4, 0.5) is 0 Å². The van der Waals surface area contributed by atoms with Crippen LogP contribution in [0, 0.1) is 23.7 Å². The van der Waals surface area contributed by atoms with Gasteiger partial charge in [-0.3, -0.25) is 4.79 Å². The van der Waals surface area contributed by atoms with Crippen LogP contribution < -0.4 is 9.47 Å². The van der Waals surface area contributed by atoms with Gasteiger partial charge in [0.15, 0.2) is 11.5 Å². The average Bonchev–Trinajstić information content (AvgIpc) is 3.27. The van der Waals surface area contributed by atoms with Crippen molar-refractivity contribution < 1.29 is 19.4 Å². The molecule has 25 heavy (non-hydrogen) atoms. The summed E-state index contributed by atoms with van der Waals surface area (Å²) >= 11 is 0. The molecule has 1 unspecified atom stereocenters. The fourth-order valence-electron chi connectivity index (χ4n) is 5.10. The highest BCUT2D eigenvalue weighted by atomic mass is 16.5. The number of methoxy groups -OCH3 is 2. The average molecular weight is 343 g/mol. The van der Waals surface area contributed by atoms with E-state index in [1.807, 2.05) is 18.2 Å². The molecule has 1 amide bonds. The fourth-order valence-corrected chi connectivity index (χ4v) is 5.10. The Morgan fingerprint density at radius 2 is 1.92 bits per heavy atom. The molecule has 1 N–H and O–H groups in total. The molecule has 1 aliphatic heterocycles. The van der Waals surface area contributed by atoms with E-state index in [-0.39, 0.29) is 17.7 Å². The number of allylic oxidation sites excluding steroid dienone is 2. The lowest BCUT2D eigenvalue weighted by molar-refractivity contribution is -0.148. The molecule has 5 heteroatoms. The van der Waals surface area contributed by atoms with Crippen LogP contribution in [0.5, 0.6) is 11.5 Å². The summed E-state index contributed by atoms with van der Waals surface area (Å²) in [7, 11) is 3.22. The van der Waals surface area contributed by atoms with Gasteiger partial charge in [0.05, 0.1) is 20.1 Å². The predicted octanol–water partition coefficient (Wildman–Crippen LogP) is 2.24. The third-order valence-electron chi connectivity index (χ3n) is 6.26. The van der Waals surface area contributed by atoms with Gasteiger partial charge in [-0.15, -0.1) is 0 Å². The summed E-state index contributed by atoms with van der Waals surface area (Å²) in [5.74, 6) is 2.09. The van der Waals surface area contributed by atoms with Crippen molar-refractivity contribution in [3.8, 4) is 11.5 Å². The summed E-state index contributed by atoms with van der Waals surface area (Å²) in [5.41, 5.74) is -0.0120. The van der Waals surface area contributed by atoms with E-state index >= 15 is 0 Å². The van der Waals surface area contributed by atoms with Crippen molar-refractivity contribution in [3.63, 3.8) is 0 Å². The Morgan fingerprint density at radius 1 is 1.20 bits per heavy atom. The Kier molecular flexibility index (Phi) is 3.80. The van der Waals surface area contributed by atoms with Gasteiger partial charge < -0.3 is 19.5 Å². The Bertz CT molecular complexity index is 726. The second-order valence-electron chi connectivity index (χ2n) is 7.52. The summed E-state index contributed by atoms with van der Waals surface area (Å²) in [5, 5.41) is 11.1. The first-order valence-electron chi connectivity index (χ1n) is 8.90. The van der Waals surface area contributed by atoms with Crippen molar-refractivity contribution in [1.82, 2.24) is 4.90 Å². The molecule has 0 spiro atoms. The molecule has 2 aliphatic carbocycles. The molecule has 1 aromatic carbocycles. The van der Waals surface area contributed by atoms with Crippen molar-refractivity contribution in [2.75, 3.05) is 20.8 Å². The molecule has 1 saturated carbocycles. The molecule has 1 heterocycles. The fraction of sp³-hybridized carbons (Fsp3) is 0.550. The SMILES string of the molecule is COc1ccc(CCN2C(=O)[C@@H]3[C@@H]([C@@H]4C=C[C@H]3C4)C2(C)O)cc1OC. The maximum Gasteiger partial charge on any atom is 0.229 e. The van der Waals surface area contributed by atoms with Gasteiger partial charge in [-0.2, -0.15) is 0 Å². The lowest BCUT2D eigenvalue weighted by Gasteiger charge is -2.36. The molecule has 5 atom stereocenters. The first kappa shape index (κ1) is 16.5. The van der Waals surface area contributed by atoms with Crippen LogP contribution in [0.2, 0.25) is 0 Å². The van der Waals surface area contributed by atoms with Crippen LogP contribution in [-0.2, 0) is 11.2 Å². The summed E-state index contributed by atoms with van der Waals surface area (Å²) in [6.07, 6.45) is 6.04. The van der Waals surface area contributed by atoms with Crippen molar-refractivity contribution in [1.29, 1.82) is 0 Å². The molecular weight excluding hydrogens is 318 g/mol. The number of ether oxygens (including phenoxy) is 2. The molecule has 1 saturated heterocycles. The molecule has 3 aliphatic rings. The van der Waals surface area contributed by atoms with E-state index in [0.29, 0.717) is 36.3 Å². The van der Waals surface area contributed by atoms with Gasteiger partial charge in [-0.05, 0) is 49.3 Å². The molecule has 5 nitrogen and oxygen atoms in total. The van der Waals surface area contributed by atoms with Crippen molar-refractivity contribution in [2.45, 2.75) is 25.5 Å². The maximum absolute atomic E-state index is 12.9. The topological polar surface area (TPSA) is 59.0 Å². The van der Waals surface area contributed by atoms with E-state index < -0.39 is 5.72 Å². The van der Waals surface area contributed by atoms with Crippen LogP contribution in [0.3, 0.4) is 0 Å². The summed E-state index contributed by atoms with van der Waals surface area (Å²) in [6, 6.07) is 5.78. The minimum atomic E-state index is -1.07. The number of rotatable bonds is 5. The van der Waals surface area contributed by atoms with E-state index in [9.17, 15) is 9.90 Å². The van der Waals surface area contributed by atoms with Crippen LogP contribution in [-0.4, -0.2) is 42.4 Å². The van der Waals surface area contributed by atoms with Gasteiger partial charge in [0.25, 0.3) is 0 Å². The molecule has 2 fully saturated rings. The number of benzene rings is 1. The normalized spacial score (nSPS) is 35.4. The Hall–Kier alpha value is -2.01. The van der Waals surface area contributed by atoms with Gasteiger partial charge >= 0.3 is 0 Å². The molecule has 0 aromatic heterocycles. The quantitative estimate of drug-likeness (QED) is 0.833. The van der Waals surface area contributed by atoms with E-state index in [1.165, 1.54) is 0 Å². The third kappa shape index (κ3) is 2.36. The van der Waals surface area contributed by atoms with Crippen LogP contribution in [0.15, 0.2) is 30.4 Å². The van der Waals surface area contributed by atoms with Crippen molar-refractivity contribution in [3.05, 3.63) is 35.9 Å². The zero-order valence-electron chi connectivity index (χ0n) is 14.9. The number of carbonyl (C=O) groups is 1. The minimum Gasteiger partial charge on any atom is -0.493 e. The number of aliphatic hydroxyl groups is 1. The number of fused-ring (bicyclic) bond motifs is 5. The molecular formula is C20H25NO4. The van der Waals surface area contributed by atoms with Gasteiger partial charge in [0.2, 0.25) is 5.91 Å². The van der Waals surface area contributed by atoms with Crippen molar-refractivity contribution >= 4 is 5.91 Å². The highest BCUT2D eigenvalue weighted by Gasteiger charge is 2.63. The minimum absolute atomic E-state index is 0.0282. The summed E-state index contributed by atoms with van der Waals surface area (Å²) in [6.45, 7) is 2.31. The van der Waals surface area contributed by atoms with E-state index in [4.69, 9.17) is 9.47 Å². The number of nitrogens with zero attached hydrogens (tertiary/aromatic N) is 1. The predicted molar refractivity (Wildman–Crippen MR) is 93.3 cm³/mol. The summed E-state index contributed by atoms with van der Waals surface area (Å²) in [4.78, 5) is 14.6. The third-order valence-corrected chi connectivity index (χ3v) is 6.26. The smallest absolute Gasteiger partial charge is 0.229 e. The Labute approximate surface area is 148 Å². The first-order valence-corrected chi connectivity index (χ1v) is 8.90. The number of hydrogen-bond acceptors (Lipinski definition) is 4. The maximum atomic E-state index is 12.9. The van der Waals surface area contributed by atoms with E-state index in [0.717, 1.165) is 12.0 Å². The van der Waals surface area contributed by atoms with Crippen LogP contribution >= 0.6 is 0 Å². The zero-order chi connectivity index (χ0) is 17.8.